The van der Waals surface area contributed by atoms with Crippen LogP contribution in [0.4, 0.5) is 0 Å². The highest BCUT2D eigenvalue weighted by Crippen LogP contribution is 2.46. The Balaban J connectivity index is 2.12. The lowest BCUT2D eigenvalue weighted by atomic mass is 9.63. The van der Waals surface area contributed by atoms with Crippen LogP contribution in [0.25, 0.3) is 0 Å². The Hall–Kier alpha value is -1.01. The first-order valence-electron chi connectivity index (χ1n) is 7.22. The highest BCUT2D eigenvalue weighted by Gasteiger charge is 2.52. The normalized spacial score (nSPS) is 24.2. The highest BCUT2D eigenvalue weighted by atomic mass is 32.1. The summed E-state index contributed by atoms with van der Waals surface area (Å²) in [7, 11) is 0. The van der Waals surface area contributed by atoms with E-state index >= 15 is 0 Å². The lowest BCUT2D eigenvalue weighted by Crippen LogP contribution is -2.63. The first kappa shape index (κ1) is 15.4. The lowest BCUT2D eigenvalue weighted by Gasteiger charge is -2.55. The third-order valence-electron chi connectivity index (χ3n) is 4.17. The van der Waals surface area contributed by atoms with E-state index in [4.69, 9.17) is 4.74 Å². The van der Waals surface area contributed by atoms with Crippen LogP contribution in [0.2, 0.25) is 0 Å². The van der Waals surface area contributed by atoms with Crippen LogP contribution in [0.5, 0.6) is 0 Å². The molecule has 2 atom stereocenters. The van der Waals surface area contributed by atoms with Crippen molar-refractivity contribution in [1.82, 2.24) is 14.5 Å². The number of amides is 1. The van der Waals surface area contributed by atoms with Gasteiger partial charge in [0.1, 0.15) is 4.88 Å². The van der Waals surface area contributed by atoms with Gasteiger partial charge in [0.25, 0.3) is 5.91 Å². The van der Waals surface area contributed by atoms with Crippen molar-refractivity contribution in [1.29, 1.82) is 0 Å². The molecule has 1 aliphatic rings. The minimum absolute atomic E-state index is 0.00104. The van der Waals surface area contributed by atoms with Gasteiger partial charge in [0, 0.05) is 24.6 Å². The van der Waals surface area contributed by atoms with Crippen LogP contribution >= 0.6 is 11.5 Å². The average molecular weight is 297 g/mol. The molecule has 1 aromatic heterocycles. The van der Waals surface area contributed by atoms with E-state index in [1.807, 2.05) is 11.8 Å². The van der Waals surface area contributed by atoms with Crippen molar-refractivity contribution in [3.63, 3.8) is 0 Å². The summed E-state index contributed by atoms with van der Waals surface area (Å²) in [6.45, 7) is 9.97. The Labute approximate surface area is 124 Å². The van der Waals surface area contributed by atoms with E-state index in [0.717, 1.165) is 37.5 Å². The van der Waals surface area contributed by atoms with E-state index in [2.05, 4.69) is 30.4 Å². The summed E-state index contributed by atoms with van der Waals surface area (Å²) >= 11 is 1.16. The van der Waals surface area contributed by atoms with Crippen LogP contribution in [-0.2, 0) is 4.74 Å². The van der Waals surface area contributed by atoms with Gasteiger partial charge in [-0.15, -0.1) is 5.10 Å². The van der Waals surface area contributed by atoms with Gasteiger partial charge in [-0.05, 0) is 31.3 Å². The molecule has 6 heteroatoms. The number of aromatic nitrogens is 2. The number of hydrogen-bond donors (Lipinski definition) is 0. The van der Waals surface area contributed by atoms with Crippen molar-refractivity contribution in [2.24, 2.45) is 5.41 Å². The van der Waals surface area contributed by atoms with Gasteiger partial charge in [-0.25, -0.2) is 0 Å². The predicted molar refractivity (Wildman–Crippen MR) is 78.8 cm³/mol. The quantitative estimate of drug-likeness (QED) is 0.810. The molecule has 2 rings (SSSR count). The second-order valence-corrected chi connectivity index (χ2v) is 6.58. The minimum atomic E-state index is -0.00104. The second-order valence-electron chi connectivity index (χ2n) is 5.80. The summed E-state index contributed by atoms with van der Waals surface area (Å²) < 4.78 is 9.55. The van der Waals surface area contributed by atoms with E-state index < -0.39 is 0 Å². The molecule has 0 N–H and O–H groups in total. The summed E-state index contributed by atoms with van der Waals surface area (Å²) in [5.41, 5.74) is -0.00104. The lowest BCUT2D eigenvalue weighted by molar-refractivity contribution is -0.140. The molecule has 1 amide bonds. The Morgan fingerprint density at radius 3 is 2.80 bits per heavy atom. The van der Waals surface area contributed by atoms with E-state index in [-0.39, 0.29) is 23.5 Å². The first-order chi connectivity index (χ1) is 9.52. The van der Waals surface area contributed by atoms with Crippen LogP contribution in [0.3, 0.4) is 0 Å². The molecule has 0 bridgehead atoms. The molecule has 0 radical (unpaired) electrons. The highest BCUT2D eigenvalue weighted by molar-refractivity contribution is 7.07. The van der Waals surface area contributed by atoms with Gasteiger partial charge < -0.3 is 9.64 Å². The maximum absolute atomic E-state index is 12.6. The van der Waals surface area contributed by atoms with Crippen molar-refractivity contribution in [2.45, 2.75) is 52.7 Å². The average Bonchev–Trinajstić information content (AvgIpc) is 2.94. The molecule has 1 aliphatic carbocycles. The van der Waals surface area contributed by atoms with Crippen molar-refractivity contribution < 1.29 is 9.53 Å². The van der Waals surface area contributed by atoms with Crippen LogP contribution < -0.4 is 0 Å². The summed E-state index contributed by atoms with van der Waals surface area (Å²) in [6, 6.07) is 0.230. The number of carbonyl (C=O) groups excluding carboxylic acids is 1. The van der Waals surface area contributed by atoms with Crippen molar-refractivity contribution >= 4 is 17.4 Å². The summed E-state index contributed by atoms with van der Waals surface area (Å²) in [5, 5.41) is 3.77. The molecule has 0 aliphatic heterocycles. The summed E-state index contributed by atoms with van der Waals surface area (Å²) in [4.78, 5) is 15.2. The Kier molecular flexibility index (Phi) is 4.75. The predicted octanol–water partition coefficient (Wildman–Crippen LogP) is 2.59. The maximum Gasteiger partial charge on any atom is 0.267 e. The summed E-state index contributed by atoms with van der Waals surface area (Å²) in [6.07, 6.45) is 3.66. The Morgan fingerprint density at radius 1 is 1.55 bits per heavy atom. The molecule has 1 aromatic rings. The number of carbonyl (C=O) groups is 1. The van der Waals surface area contributed by atoms with Gasteiger partial charge in [0.05, 0.1) is 12.3 Å². The van der Waals surface area contributed by atoms with Crippen LogP contribution in [-0.4, -0.2) is 45.7 Å². The fourth-order valence-electron chi connectivity index (χ4n) is 2.92. The zero-order chi connectivity index (χ0) is 14.8. The number of rotatable bonds is 6. The molecular weight excluding hydrogens is 274 g/mol. The topological polar surface area (TPSA) is 55.3 Å². The summed E-state index contributed by atoms with van der Waals surface area (Å²) in [5.74, 6) is 0.0508. The molecule has 5 nitrogen and oxygen atoms in total. The van der Waals surface area contributed by atoms with E-state index in [1.165, 1.54) is 0 Å². The Bertz CT molecular complexity index is 447. The molecular formula is C14H23N3O2S. The standard InChI is InChI=1S/C14H23N3O2S/c1-5-7-17(13(18)10-9-15-16-20-10)11-8-12(19-6-2)14(11,3)4/h9,11-12H,5-8H2,1-4H3/t11-,12-/m0/s1. The van der Waals surface area contributed by atoms with E-state index in [1.54, 1.807) is 6.20 Å². The number of hydrogen-bond acceptors (Lipinski definition) is 5. The molecule has 0 saturated heterocycles. The van der Waals surface area contributed by atoms with Gasteiger partial charge in [-0.1, -0.05) is 25.3 Å². The van der Waals surface area contributed by atoms with Gasteiger partial charge in [0.15, 0.2) is 0 Å². The van der Waals surface area contributed by atoms with Gasteiger partial charge in [-0.2, -0.15) is 0 Å². The maximum atomic E-state index is 12.6. The fraction of sp³-hybridized carbons (Fsp3) is 0.786. The fourth-order valence-corrected chi connectivity index (χ4v) is 3.39. The molecule has 1 heterocycles. The monoisotopic (exact) mass is 297 g/mol. The van der Waals surface area contributed by atoms with Gasteiger partial charge in [0.2, 0.25) is 0 Å². The molecule has 0 unspecified atom stereocenters. The molecule has 20 heavy (non-hydrogen) atoms. The molecule has 1 saturated carbocycles. The zero-order valence-corrected chi connectivity index (χ0v) is 13.4. The minimum Gasteiger partial charge on any atom is -0.378 e. The smallest absolute Gasteiger partial charge is 0.267 e. The third-order valence-corrected chi connectivity index (χ3v) is 4.82. The molecule has 0 spiro atoms. The van der Waals surface area contributed by atoms with Crippen molar-refractivity contribution in [2.75, 3.05) is 13.2 Å². The van der Waals surface area contributed by atoms with Crippen LogP contribution in [0.15, 0.2) is 6.20 Å². The number of nitrogens with zero attached hydrogens (tertiary/aromatic N) is 3. The first-order valence-corrected chi connectivity index (χ1v) is 7.99. The van der Waals surface area contributed by atoms with Gasteiger partial charge >= 0.3 is 0 Å². The zero-order valence-electron chi connectivity index (χ0n) is 12.6. The molecule has 0 aromatic carbocycles. The third kappa shape index (κ3) is 2.72. The van der Waals surface area contributed by atoms with Crippen molar-refractivity contribution in [3.8, 4) is 0 Å². The Morgan fingerprint density at radius 2 is 2.30 bits per heavy atom. The largest absolute Gasteiger partial charge is 0.378 e. The van der Waals surface area contributed by atoms with Crippen LogP contribution in [0, 0.1) is 5.41 Å². The second kappa shape index (κ2) is 6.18. The van der Waals surface area contributed by atoms with Crippen molar-refractivity contribution in [3.05, 3.63) is 11.1 Å². The molecule has 1 fully saturated rings. The van der Waals surface area contributed by atoms with Crippen LogP contribution in [0.1, 0.15) is 50.2 Å². The van der Waals surface area contributed by atoms with E-state index in [9.17, 15) is 4.79 Å². The molecule has 112 valence electrons. The number of ether oxygens (including phenoxy) is 1. The van der Waals surface area contributed by atoms with Gasteiger partial charge in [-0.3, -0.25) is 4.79 Å². The SMILES string of the molecule is CCCN(C(=O)c1cnns1)[C@H]1C[C@H](OCC)C1(C)C. The van der Waals surface area contributed by atoms with E-state index in [0.29, 0.717) is 4.88 Å².